The molecule has 0 spiro atoms. The van der Waals surface area contributed by atoms with Gasteiger partial charge in [0.2, 0.25) is 5.82 Å². The monoisotopic (exact) mass is 441 g/mol. The number of nitrogens with one attached hydrogen (secondary N) is 2. The lowest BCUT2D eigenvalue weighted by Gasteiger charge is -2.19. The van der Waals surface area contributed by atoms with Gasteiger partial charge in [0.05, 0.1) is 39.5 Å². The Morgan fingerprint density at radius 1 is 1.31 bits per heavy atom. The van der Waals surface area contributed by atoms with Crippen LogP contribution in [0.4, 0.5) is 17.3 Å². The van der Waals surface area contributed by atoms with E-state index in [9.17, 15) is 9.90 Å². The van der Waals surface area contributed by atoms with Gasteiger partial charge in [0.25, 0.3) is 5.91 Å². The first-order valence-corrected chi connectivity index (χ1v) is 10.6. The summed E-state index contributed by atoms with van der Waals surface area (Å²) in [7, 11) is 3.14. The second-order valence-corrected chi connectivity index (χ2v) is 7.74. The van der Waals surface area contributed by atoms with Gasteiger partial charge in [-0.25, -0.2) is 5.10 Å². The molecule has 1 aliphatic heterocycles. The van der Waals surface area contributed by atoms with Crippen LogP contribution in [0.2, 0.25) is 0 Å². The molecule has 1 atom stereocenters. The van der Waals surface area contributed by atoms with E-state index in [1.165, 1.54) is 0 Å². The number of aromatic nitrogens is 3. The fraction of sp³-hybridized carbons (Fsp3) is 0.409. The highest BCUT2D eigenvalue weighted by Crippen LogP contribution is 2.30. The molecule has 1 saturated heterocycles. The van der Waals surface area contributed by atoms with Crippen molar-refractivity contribution in [1.82, 2.24) is 10.1 Å². The van der Waals surface area contributed by atoms with Gasteiger partial charge in [0.15, 0.2) is 11.4 Å². The van der Waals surface area contributed by atoms with E-state index in [0.29, 0.717) is 35.1 Å². The highest BCUT2D eigenvalue weighted by atomic mass is 16.5. The summed E-state index contributed by atoms with van der Waals surface area (Å²) < 4.78 is 12.4. The molecule has 170 valence electrons. The number of nitrogens with two attached hydrogens (primary N) is 1. The fourth-order valence-electron chi connectivity index (χ4n) is 4.17. The van der Waals surface area contributed by atoms with Crippen molar-refractivity contribution >= 4 is 28.9 Å². The van der Waals surface area contributed by atoms with E-state index in [-0.39, 0.29) is 18.2 Å². The Kier molecular flexibility index (Phi) is 6.04. The third kappa shape index (κ3) is 3.89. The number of aryl methyl sites for hydroxylation is 1. The highest BCUT2D eigenvalue weighted by molar-refractivity contribution is 6.03. The van der Waals surface area contributed by atoms with E-state index in [2.05, 4.69) is 20.3 Å². The number of aliphatic hydroxyl groups excluding tert-OH is 1. The summed E-state index contributed by atoms with van der Waals surface area (Å²) in [5.74, 6) is 1.85. The molecule has 0 aliphatic carbocycles. The average Bonchev–Trinajstić information content (AvgIpc) is 3.42. The molecule has 0 radical (unpaired) electrons. The van der Waals surface area contributed by atoms with Crippen molar-refractivity contribution in [3.63, 3.8) is 0 Å². The second-order valence-electron chi connectivity index (χ2n) is 7.74. The van der Waals surface area contributed by atoms with Crippen LogP contribution in [0, 0.1) is 0 Å². The number of H-pyrrole nitrogens is 1. The van der Waals surface area contributed by atoms with E-state index in [4.69, 9.17) is 15.2 Å². The van der Waals surface area contributed by atoms with Crippen molar-refractivity contribution in [2.24, 2.45) is 5.73 Å². The summed E-state index contributed by atoms with van der Waals surface area (Å²) >= 11 is 0. The molecule has 0 bridgehead atoms. The number of hydrogen-bond acceptors (Lipinski definition) is 7. The van der Waals surface area contributed by atoms with E-state index in [0.717, 1.165) is 30.9 Å². The zero-order valence-corrected chi connectivity index (χ0v) is 18.5. The smallest absolute Gasteiger partial charge is 0.301 e. The van der Waals surface area contributed by atoms with E-state index < -0.39 is 5.91 Å². The van der Waals surface area contributed by atoms with E-state index in [1.54, 1.807) is 36.9 Å². The van der Waals surface area contributed by atoms with Gasteiger partial charge in [-0.05, 0) is 12.8 Å². The van der Waals surface area contributed by atoms with Crippen LogP contribution in [0.25, 0.3) is 5.65 Å². The maximum atomic E-state index is 12.5. The van der Waals surface area contributed by atoms with Gasteiger partial charge in [-0.2, -0.15) is 0 Å². The normalized spacial score (nSPS) is 15.9. The first-order valence-electron chi connectivity index (χ1n) is 10.6. The lowest BCUT2D eigenvalue weighted by Crippen LogP contribution is -2.41. The molecule has 10 nitrogen and oxygen atoms in total. The van der Waals surface area contributed by atoms with Crippen LogP contribution in [0.3, 0.4) is 0 Å². The van der Waals surface area contributed by atoms with Gasteiger partial charge in [-0.1, -0.05) is 6.92 Å². The molecule has 2 aromatic heterocycles. The average molecular weight is 442 g/mol. The Balaban J connectivity index is 1.88. The topological polar surface area (TPSA) is 130 Å². The third-order valence-electron chi connectivity index (χ3n) is 5.79. The number of rotatable bonds is 8. The lowest BCUT2D eigenvalue weighted by atomic mass is 10.2. The van der Waals surface area contributed by atoms with Gasteiger partial charge in [0.1, 0.15) is 17.2 Å². The van der Waals surface area contributed by atoms with Gasteiger partial charge in [-0.15, -0.1) is 9.50 Å². The summed E-state index contributed by atoms with van der Waals surface area (Å²) in [6.45, 7) is 2.87. The Morgan fingerprint density at radius 3 is 2.62 bits per heavy atom. The molecular formula is C22H29N6O4+. The van der Waals surface area contributed by atoms with Crippen LogP contribution in [-0.2, 0) is 6.42 Å². The van der Waals surface area contributed by atoms with Gasteiger partial charge in [0, 0.05) is 30.3 Å². The van der Waals surface area contributed by atoms with Crippen LogP contribution in [-0.4, -0.2) is 54.5 Å². The summed E-state index contributed by atoms with van der Waals surface area (Å²) in [5, 5.41) is 16.3. The lowest BCUT2D eigenvalue weighted by molar-refractivity contribution is -0.565. The molecule has 1 fully saturated rings. The number of aliphatic hydroxyl groups is 1. The minimum atomic E-state index is -0.604. The molecule has 3 aromatic rings. The molecule has 0 unspecified atom stereocenters. The quantitative estimate of drug-likeness (QED) is 0.390. The van der Waals surface area contributed by atoms with Crippen molar-refractivity contribution < 1.29 is 23.9 Å². The zero-order valence-electron chi connectivity index (χ0n) is 18.5. The molecule has 4 rings (SSSR count). The number of amides is 1. The van der Waals surface area contributed by atoms with E-state index in [1.807, 2.05) is 13.0 Å². The number of methoxy groups -OCH3 is 2. The predicted octanol–water partition coefficient (Wildman–Crippen LogP) is 1.53. The minimum absolute atomic E-state index is 0.0113. The first kappa shape index (κ1) is 21.7. The molecule has 1 aliphatic rings. The number of carbonyl (C=O) groups is 1. The number of carbonyl (C=O) groups excluding carboxylic acids is 1. The second kappa shape index (κ2) is 8.91. The SMILES string of the molecule is CCc1cc(N2CCC[C@@H]2CO)[n+]2[nH]c(Nc3cc(OC)cc(OC)c3)c(C(N)=O)c2n1. The van der Waals surface area contributed by atoms with Crippen LogP contribution >= 0.6 is 0 Å². The van der Waals surface area contributed by atoms with Crippen molar-refractivity contribution in [3.8, 4) is 11.5 Å². The number of benzene rings is 1. The summed E-state index contributed by atoms with van der Waals surface area (Å²) in [4.78, 5) is 19.3. The molecule has 32 heavy (non-hydrogen) atoms. The molecule has 0 saturated carbocycles. The van der Waals surface area contributed by atoms with Crippen LogP contribution in [0.1, 0.15) is 35.8 Å². The molecule has 1 aromatic carbocycles. The van der Waals surface area contributed by atoms with Crippen LogP contribution < -0.4 is 29.9 Å². The summed E-state index contributed by atoms with van der Waals surface area (Å²) in [6.07, 6.45) is 2.58. The first-order chi connectivity index (χ1) is 15.5. The Bertz CT molecular complexity index is 1120. The van der Waals surface area contributed by atoms with E-state index >= 15 is 0 Å². The third-order valence-corrected chi connectivity index (χ3v) is 5.79. The number of hydrogen-bond donors (Lipinski definition) is 4. The van der Waals surface area contributed by atoms with Gasteiger partial charge < -0.3 is 25.6 Å². The summed E-state index contributed by atoms with van der Waals surface area (Å²) in [6, 6.07) is 7.34. The number of primary amides is 1. The Hall–Kier alpha value is -3.53. The Morgan fingerprint density at radius 2 is 2.03 bits per heavy atom. The van der Waals surface area contributed by atoms with Crippen molar-refractivity contribution in [1.29, 1.82) is 0 Å². The standard InChI is InChI=1S/C22H28N6O4/c1-4-13-10-18(27-7-5-6-15(27)12-29)28-22(25-13)19(20(23)30)21(26-28)24-14-8-16(31-2)11-17(9-14)32-3/h8-11,15,29H,4-7,12H2,1-3H3,(H3,23,24,26,30)/p+1/t15-/m1/s1. The largest absolute Gasteiger partial charge is 0.497 e. The number of anilines is 3. The van der Waals surface area contributed by atoms with Crippen LogP contribution in [0.15, 0.2) is 24.3 Å². The van der Waals surface area contributed by atoms with Crippen molar-refractivity contribution in [2.75, 3.05) is 37.6 Å². The molecular weight excluding hydrogens is 412 g/mol. The fourth-order valence-corrected chi connectivity index (χ4v) is 4.17. The molecule has 3 heterocycles. The maximum absolute atomic E-state index is 12.5. The summed E-state index contributed by atoms with van der Waals surface area (Å²) in [5.41, 5.74) is 7.96. The predicted molar refractivity (Wildman–Crippen MR) is 120 cm³/mol. The maximum Gasteiger partial charge on any atom is 0.301 e. The molecule has 10 heteroatoms. The zero-order chi connectivity index (χ0) is 22.8. The van der Waals surface area contributed by atoms with Crippen molar-refractivity contribution in [3.05, 3.63) is 35.5 Å². The number of aromatic amines is 1. The highest BCUT2D eigenvalue weighted by Gasteiger charge is 2.34. The number of fused-ring (bicyclic) bond motifs is 1. The number of ether oxygens (including phenoxy) is 2. The van der Waals surface area contributed by atoms with Crippen molar-refractivity contribution in [2.45, 2.75) is 32.2 Å². The van der Waals surface area contributed by atoms with Crippen LogP contribution in [0.5, 0.6) is 11.5 Å². The molecule has 5 N–H and O–H groups in total. The molecule has 1 amide bonds. The van der Waals surface area contributed by atoms with Gasteiger partial charge >= 0.3 is 5.65 Å². The number of nitrogens with zero attached hydrogens (tertiary/aromatic N) is 3. The Labute approximate surface area is 185 Å². The van der Waals surface area contributed by atoms with Gasteiger partial charge in [-0.3, -0.25) is 9.69 Å². The minimum Gasteiger partial charge on any atom is -0.497 e.